The molecule has 1 aromatic carbocycles. The van der Waals surface area contributed by atoms with Crippen LogP contribution in [0.5, 0.6) is 5.75 Å². The Labute approximate surface area is 743 Å². The molecule has 127 heavy (non-hydrogen) atoms. The van der Waals surface area contributed by atoms with E-state index >= 15 is 0 Å². The van der Waals surface area contributed by atoms with E-state index in [1.165, 1.54) is 72.7 Å². The molecule has 43 nitrogen and oxygen atoms in total. The van der Waals surface area contributed by atoms with E-state index in [1.807, 2.05) is 0 Å². The second-order valence-electron chi connectivity index (χ2n) is 33.4. The highest BCUT2D eigenvalue weighted by atomic mass is 16.5. The van der Waals surface area contributed by atoms with Crippen molar-refractivity contribution in [2.45, 2.75) is 321 Å². The summed E-state index contributed by atoms with van der Waals surface area (Å²) in [6, 6.07) is -15.3. The number of aromatic hydroxyl groups is 1. The Morgan fingerprint density at radius 2 is 0.693 bits per heavy atom. The zero-order valence-corrected chi connectivity index (χ0v) is 75.7. The van der Waals surface area contributed by atoms with Crippen molar-refractivity contribution in [1.82, 2.24) is 79.8 Å². The number of carboxylic acids is 1. The van der Waals surface area contributed by atoms with E-state index in [-0.39, 0.29) is 103 Å². The van der Waals surface area contributed by atoms with Gasteiger partial charge < -0.3 is 143 Å². The lowest BCUT2D eigenvalue weighted by Crippen LogP contribution is -2.63. The summed E-state index contributed by atoms with van der Waals surface area (Å²) >= 11 is 0. The fraction of sp³-hybridized carbons (Fsp3) is 0.738. The molecule has 0 radical (unpaired) electrons. The van der Waals surface area contributed by atoms with E-state index in [0.29, 0.717) is 57.1 Å². The molecule has 0 aliphatic carbocycles. The highest BCUT2D eigenvalue weighted by Gasteiger charge is 2.43. The second kappa shape index (κ2) is 59.3. The molecule has 1 saturated heterocycles. The predicted molar refractivity (Wildman–Crippen MR) is 466 cm³/mol. The SMILES string of the molecule is CC[C@H](C)[C@H](NC(=O)[C@H](CO)NC(=O)[C@@H](NC(=O)[C@@H](NC(=O)[C@@H](NC(=O)[C@H](CCCCN)NC(=O)[C@H](CCCCN)NC(=O)[C@H]1O[C@H](CNC(=O)[C@@H](NC(=O)[C@H](CO)NC(=O)[C@@H](NC(=O)[C@@H](NC(=O)[C@H](Cc2ccc(O)cc2)NC(=O)[C@H](CCCCN)NC(=O)[C@H](CCCCN)NC(C)=O)[C@@H](C)O)C(C)C)[C@@H](C)CC)CC[C@@H]1O)[C@@H](C)CC)[C@@H](C)O)C(C)C)C(=O)O. The molecule has 1 aliphatic heterocycles. The third-order valence-corrected chi connectivity index (χ3v) is 22.2. The van der Waals surface area contributed by atoms with Gasteiger partial charge in [0.15, 0.2) is 6.10 Å². The monoisotopic (exact) mass is 1810 g/mol. The number of unbranched alkanes of at least 4 members (excludes halogenated alkanes) is 4. The largest absolute Gasteiger partial charge is 0.508 e. The Morgan fingerprint density at radius 3 is 1.06 bits per heavy atom. The van der Waals surface area contributed by atoms with Crippen molar-refractivity contribution < 1.29 is 117 Å². The summed E-state index contributed by atoms with van der Waals surface area (Å²) in [5.74, 6) is -18.6. The number of amides is 15. The maximum atomic E-state index is 14.5. The number of carbonyl (C=O) groups is 16. The van der Waals surface area contributed by atoms with E-state index in [4.69, 9.17) is 27.7 Å². The van der Waals surface area contributed by atoms with Crippen LogP contribution in [0.2, 0.25) is 0 Å². The van der Waals surface area contributed by atoms with Gasteiger partial charge in [0, 0.05) is 19.9 Å². The summed E-state index contributed by atoms with van der Waals surface area (Å²) < 4.78 is 6.10. The lowest BCUT2D eigenvalue weighted by Gasteiger charge is -2.34. The summed E-state index contributed by atoms with van der Waals surface area (Å²) in [4.78, 5) is 222. The first-order valence-corrected chi connectivity index (χ1v) is 44.2. The van der Waals surface area contributed by atoms with Crippen LogP contribution in [-0.2, 0) is 87.9 Å². The van der Waals surface area contributed by atoms with Gasteiger partial charge in [-0.2, -0.15) is 0 Å². The number of phenolic OH excluding ortho intramolecular Hbond substituents is 1. The maximum Gasteiger partial charge on any atom is 0.326 e. The first-order valence-electron chi connectivity index (χ1n) is 44.2. The molecule has 0 bridgehead atoms. The van der Waals surface area contributed by atoms with Crippen molar-refractivity contribution in [2.75, 3.05) is 45.9 Å². The highest BCUT2D eigenvalue weighted by molar-refractivity contribution is 6.00. The summed E-state index contributed by atoms with van der Waals surface area (Å²) in [5, 5.41) is 112. The smallest absolute Gasteiger partial charge is 0.326 e. The third-order valence-electron chi connectivity index (χ3n) is 22.2. The topological polar surface area (TPSA) is 708 Å². The molecule has 22 atom stereocenters. The second-order valence-corrected chi connectivity index (χ2v) is 33.4. The van der Waals surface area contributed by atoms with Crippen LogP contribution in [0.15, 0.2) is 24.3 Å². The number of benzene rings is 1. The van der Waals surface area contributed by atoms with E-state index in [2.05, 4.69) is 79.8 Å². The van der Waals surface area contributed by atoms with Crippen molar-refractivity contribution in [3.05, 3.63) is 29.8 Å². The summed E-state index contributed by atoms with van der Waals surface area (Å²) in [7, 11) is 0. The maximum absolute atomic E-state index is 14.5. The van der Waals surface area contributed by atoms with Gasteiger partial charge in [0.05, 0.1) is 37.6 Å². The predicted octanol–water partition coefficient (Wildman–Crippen LogP) is -5.44. The molecule has 43 heteroatoms. The first-order chi connectivity index (χ1) is 59.9. The van der Waals surface area contributed by atoms with Crippen molar-refractivity contribution in [2.24, 2.45) is 52.5 Å². The van der Waals surface area contributed by atoms with Crippen LogP contribution in [0.25, 0.3) is 0 Å². The van der Waals surface area contributed by atoms with Gasteiger partial charge in [-0.3, -0.25) is 71.9 Å². The Morgan fingerprint density at radius 1 is 0.386 bits per heavy atom. The van der Waals surface area contributed by atoms with Crippen LogP contribution in [0.3, 0.4) is 0 Å². The number of carbonyl (C=O) groups excluding carboxylic acids is 15. The molecule has 1 aromatic rings. The average Bonchev–Trinajstić information content (AvgIpc) is 0.846. The summed E-state index contributed by atoms with van der Waals surface area (Å²) in [5.41, 5.74) is 23.5. The lowest BCUT2D eigenvalue weighted by atomic mass is 9.96. The zero-order chi connectivity index (χ0) is 96.1. The van der Waals surface area contributed by atoms with Crippen LogP contribution < -0.4 is 103 Å². The zero-order valence-electron chi connectivity index (χ0n) is 75.7. The number of aliphatic carboxylic acids is 1. The van der Waals surface area contributed by atoms with Gasteiger partial charge >= 0.3 is 5.97 Å². The van der Waals surface area contributed by atoms with Gasteiger partial charge in [-0.05, 0) is 177 Å². The van der Waals surface area contributed by atoms with Gasteiger partial charge in [-0.1, -0.05) is 101 Å². The molecular weight excluding hydrogens is 1660 g/mol. The number of nitrogens with two attached hydrogens (primary N) is 4. The first kappa shape index (κ1) is 113. The van der Waals surface area contributed by atoms with Crippen LogP contribution in [0.1, 0.15) is 205 Å². The quantitative estimate of drug-likeness (QED) is 0.0271. The number of nitrogens with one attached hydrogen (secondary N) is 15. The minimum absolute atomic E-state index is 0.0419. The van der Waals surface area contributed by atoms with Crippen LogP contribution in [0.4, 0.5) is 0 Å². The fourth-order valence-electron chi connectivity index (χ4n) is 13.6. The molecule has 15 amide bonds. The molecule has 1 heterocycles. The van der Waals surface area contributed by atoms with Gasteiger partial charge in [0.1, 0.15) is 90.3 Å². The number of aliphatic hydroxyl groups excluding tert-OH is 5. The summed E-state index contributed by atoms with van der Waals surface area (Å²) in [6.45, 7) is 18.3. The molecular formula is C84H147N19O24. The minimum atomic E-state index is -1.83. The Bertz CT molecular complexity index is 3680. The number of hydrogen-bond acceptors (Lipinski definition) is 27. The normalized spacial score (nSPS) is 18.3. The number of rotatable bonds is 61. The molecule has 0 saturated carbocycles. The minimum Gasteiger partial charge on any atom is -0.508 e. The van der Waals surface area contributed by atoms with Crippen LogP contribution in [-0.4, -0.2) is 291 Å². The fourth-order valence-corrected chi connectivity index (χ4v) is 13.6. The Hall–Kier alpha value is -9.86. The Balaban J connectivity index is 2.37. The Kier molecular flexibility index (Phi) is 52.9. The molecule has 0 unspecified atom stereocenters. The van der Waals surface area contributed by atoms with Crippen molar-refractivity contribution in [3.8, 4) is 5.75 Å². The highest BCUT2D eigenvalue weighted by Crippen LogP contribution is 2.23. The van der Waals surface area contributed by atoms with Crippen molar-refractivity contribution in [3.63, 3.8) is 0 Å². The number of hydrogen-bond donors (Lipinski definition) is 26. The molecule has 1 aliphatic rings. The number of phenols is 1. The van der Waals surface area contributed by atoms with Gasteiger partial charge in [0.2, 0.25) is 82.7 Å². The summed E-state index contributed by atoms with van der Waals surface area (Å²) in [6.07, 6.45) is -3.51. The molecule has 30 N–H and O–H groups in total. The van der Waals surface area contributed by atoms with E-state index in [0.717, 1.165) is 0 Å². The van der Waals surface area contributed by atoms with Crippen LogP contribution >= 0.6 is 0 Å². The van der Waals surface area contributed by atoms with E-state index in [9.17, 15) is 112 Å². The standard InChI is InChI=1S/C84H147N19O24/c1-14-45(8)64(99-75(116)59(41-104)95-78(119)62(43(4)5)97-81(122)67(48(11)106)102-74(115)58(39-51-29-31-52(109)32-30-51)94-72(113)55(26-18-22-36-86)91-70(111)54(90-50(13)108)25-17-21-35-85)77(118)89-40-53-33-34-61(110)69(127-53)83(124)93-56(27-19-23-37-87)71(112)92-57(28-20-24-38-88)73(114)100-65(46(9)15-2)80(121)103-68(49(12)107)82(123)98-63(44(6)7)79(120)96-60(42-105)76(117)101-66(84(125)126)47(10)16-3/h29-32,43-49,53-69,104-107,109-110H,14-28,33-42,85-88H2,1-13H3,(H,89,118)(H,90,108)(H,91,111)(H,92,112)(H,93,124)(H,94,113)(H,95,119)(H,96,120)(H,97,122)(H,98,123)(H,99,116)(H,100,114)(H,101,117)(H,102,115)(H,103,121)(H,125,126)/t45-,46-,47-,48+,49+,53-,54-,55-,56-,57-,58-,59-,60-,61-,62-,63-,64-,65-,66-,67-,68-,69-/m0/s1. The van der Waals surface area contributed by atoms with E-state index < -0.39 is 252 Å². The van der Waals surface area contributed by atoms with Gasteiger partial charge in [0.25, 0.3) is 5.91 Å². The van der Waals surface area contributed by atoms with E-state index in [1.54, 1.807) is 41.5 Å². The lowest BCUT2D eigenvalue weighted by molar-refractivity contribution is -0.159. The van der Waals surface area contributed by atoms with Crippen molar-refractivity contribution in [1.29, 1.82) is 0 Å². The van der Waals surface area contributed by atoms with Gasteiger partial charge in [-0.25, -0.2) is 4.79 Å². The van der Waals surface area contributed by atoms with Gasteiger partial charge in [-0.15, -0.1) is 0 Å². The molecule has 1 fully saturated rings. The molecule has 0 spiro atoms. The number of ether oxygens (including phenoxy) is 1. The number of aliphatic hydroxyl groups is 5. The average molecular weight is 1810 g/mol. The molecule has 0 aromatic heterocycles. The van der Waals surface area contributed by atoms with Crippen molar-refractivity contribution >= 4 is 94.6 Å². The number of carboxylic acid groups (broad SMARTS) is 1. The third kappa shape index (κ3) is 39.3. The molecule has 722 valence electrons. The molecule has 2 rings (SSSR count). The van der Waals surface area contributed by atoms with Crippen LogP contribution in [0, 0.1) is 29.6 Å².